The van der Waals surface area contributed by atoms with Crippen molar-refractivity contribution in [1.82, 2.24) is 0 Å². The van der Waals surface area contributed by atoms with Gasteiger partial charge in [-0.1, -0.05) is 48.6 Å². The molecule has 3 nitrogen and oxygen atoms in total. The molecule has 0 aliphatic heterocycles. The molecular weight excluding hydrogens is 250 g/mol. The lowest BCUT2D eigenvalue weighted by Crippen LogP contribution is -2.17. The van der Waals surface area contributed by atoms with Crippen LogP contribution in [0.1, 0.15) is 11.1 Å². The van der Waals surface area contributed by atoms with Gasteiger partial charge in [-0.3, -0.25) is 10.1 Å². The SMILES string of the molecule is O=[N+]([O-])c1ccc2c(c1)C1(C=CC=C1)c1ccccc1-2. The van der Waals surface area contributed by atoms with E-state index < -0.39 is 0 Å². The molecule has 0 amide bonds. The summed E-state index contributed by atoms with van der Waals surface area (Å²) in [6.07, 6.45) is 8.23. The summed E-state index contributed by atoms with van der Waals surface area (Å²) in [6, 6.07) is 13.3. The molecule has 0 atom stereocenters. The second-order valence-electron chi connectivity index (χ2n) is 5.12. The van der Waals surface area contributed by atoms with Gasteiger partial charge in [0.2, 0.25) is 0 Å². The van der Waals surface area contributed by atoms with Crippen molar-refractivity contribution < 1.29 is 4.92 Å². The van der Waals surface area contributed by atoms with Crippen LogP contribution in [0.4, 0.5) is 5.69 Å². The molecule has 1 spiro atoms. The van der Waals surface area contributed by atoms with Crippen molar-refractivity contribution in [3.8, 4) is 11.1 Å². The van der Waals surface area contributed by atoms with Crippen LogP contribution < -0.4 is 0 Å². The second-order valence-corrected chi connectivity index (χ2v) is 5.12. The third kappa shape index (κ3) is 1.24. The van der Waals surface area contributed by atoms with Gasteiger partial charge < -0.3 is 0 Å². The normalized spacial score (nSPS) is 16.4. The molecular formula is C17H11NO2. The fourth-order valence-corrected chi connectivity index (χ4v) is 3.28. The Morgan fingerprint density at radius 2 is 1.60 bits per heavy atom. The van der Waals surface area contributed by atoms with E-state index in [1.807, 2.05) is 30.4 Å². The first kappa shape index (κ1) is 11.2. The summed E-state index contributed by atoms with van der Waals surface area (Å²) in [5.41, 5.74) is 4.25. The molecule has 0 unspecified atom stereocenters. The van der Waals surface area contributed by atoms with E-state index in [1.165, 1.54) is 5.56 Å². The molecule has 0 N–H and O–H groups in total. The molecule has 3 heteroatoms. The average molecular weight is 261 g/mol. The average Bonchev–Trinajstić information content (AvgIpc) is 3.06. The zero-order chi connectivity index (χ0) is 13.7. The fourth-order valence-electron chi connectivity index (χ4n) is 3.28. The van der Waals surface area contributed by atoms with Crippen LogP contribution in [-0.2, 0) is 5.41 Å². The van der Waals surface area contributed by atoms with Gasteiger partial charge in [0, 0.05) is 12.1 Å². The van der Waals surface area contributed by atoms with Gasteiger partial charge in [-0.05, 0) is 28.3 Å². The first-order valence-electron chi connectivity index (χ1n) is 6.48. The van der Waals surface area contributed by atoms with Crippen LogP contribution >= 0.6 is 0 Å². The van der Waals surface area contributed by atoms with Gasteiger partial charge in [-0.2, -0.15) is 0 Å². The van der Waals surface area contributed by atoms with Gasteiger partial charge in [0.1, 0.15) is 0 Å². The highest BCUT2D eigenvalue weighted by Gasteiger charge is 2.41. The third-order valence-electron chi connectivity index (χ3n) is 4.15. The highest BCUT2D eigenvalue weighted by Crippen LogP contribution is 2.52. The Morgan fingerprint density at radius 1 is 0.900 bits per heavy atom. The molecule has 0 heterocycles. The molecule has 0 saturated heterocycles. The zero-order valence-corrected chi connectivity index (χ0v) is 10.6. The largest absolute Gasteiger partial charge is 0.269 e. The summed E-state index contributed by atoms with van der Waals surface area (Å²) in [5.74, 6) is 0. The van der Waals surface area contributed by atoms with Gasteiger partial charge in [-0.25, -0.2) is 0 Å². The van der Waals surface area contributed by atoms with Crippen molar-refractivity contribution in [2.45, 2.75) is 5.41 Å². The Hall–Kier alpha value is -2.68. The van der Waals surface area contributed by atoms with Crippen LogP contribution in [0, 0.1) is 10.1 Å². The molecule has 0 radical (unpaired) electrons. The summed E-state index contributed by atoms with van der Waals surface area (Å²) in [4.78, 5) is 10.7. The van der Waals surface area contributed by atoms with E-state index >= 15 is 0 Å². The van der Waals surface area contributed by atoms with Crippen molar-refractivity contribution in [3.63, 3.8) is 0 Å². The molecule has 0 saturated carbocycles. The summed E-state index contributed by atoms with van der Waals surface area (Å²) in [7, 11) is 0. The van der Waals surface area contributed by atoms with Crippen LogP contribution in [0.25, 0.3) is 11.1 Å². The number of hydrogen-bond acceptors (Lipinski definition) is 2. The standard InChI is InChI=1S/C17H11NO2/c19-18(20)12-7-8-14-13-5-1-2-6-15(13)17(16(14)11-12)9-3-4-10-17/h1-11H. The maximum atomic E-state index is 11.0. The van der Waals surface area contributed by atoms with Crippen LogP contribution in [-0.4, -0.2) is 4.92 Å². The number of nitro benzene ring substituents is 1. The van der Waals surface area contributed by atoms with Gasteiger partial charge in [0.25, 0.3) is 5.69 Å². The van der Waals surface area contributed by atoms with E-state index in [2.05, 4.69) is 24.3 Å². The number of non-ortho nitro benzene ring substituents is 1. The summed E-state index contributed by atoms with van der Waals surface area (Å²) in [5, 5.41) is 11.0. The van der Waals surface area contributed by atoms with E-state index in [9.17, 15) is 10.1 Å². The number of fused-ring (bicyclic) bond motifs is 5. The minimum absolute atomic E-state index is 0.143. The lowest BCUT2D eigenvalue weighted by Gasteiger charge is -2.22. The molecule has 96 valence electrons. The number of allylic oxidation sites excluding steroid dienone is 4. The number of nitro groups is 1. The molecule has 4 rings (SSSR count). The Bertz CT molecular complexity index is 790. The smallest absolute Gasteiger partial charge is 0.258 e. The van der Waals surface area contributed by atoms with Crippen molar-refractivity contribution in [1.29, 1.82) is 0 Å². The van der Waals surface area contributed by atoms with Crippen molar-refractivity contribution >= 4 is 5.69 Å². The quantitative estimate of drug-likeness (QED) is 0.575. The van der Waals surface area contributed by atoms with Crippen molar-refractivity contribution in [2.75, 3.05) is 0 Å². The molecule has 2 aliphatic carbocycles. The minimum Gasteiger partial charge on any atom is -0.258 e. The fraction of sp³-hybridized carbons (Fsp3) is 0.0588. The molecule has 20 heavy (non-hydrogen) atoms. The maximum absolute atomic E-state index is 11.0. The van der Waals surface area contributed by atoms with E-state index in [1.54, 1.807) is 12.1 Å². The van der Waals surface area contributed by atoms with Crippen LogP contribution in [0.15, 0.2) is 66.8 Å². The first-order valence-corrected chi connectivity index (χ1v) is 6.48. The molecule has 2 aromatic rings. The summed E-state index contributed by atoms with van der Waals surface area (Å²) >= 11 is 0. The predicted molar refractivity (Wildman–Crippen MR) is 77.6 cm³/mol. The van der Waals surface area contributed by atoms with E-state index in [0.717, 1.165) is 16.7 Å². The third-order valence-corrected chi connectivity index (χ3v) is 4.15. The number of hydrogen-bond donors (Lipinski definition) is 0. The second kappa shape index (κ2) is 3.67. The van der Waals surface area contributed by atoms with Crippen LogP contribution in [0.2, 0.25) is 0 Å². The monoisotopic (exact) mass is 261 g/mol. The molecule has 2 aliphatic rings. The highest BCUT2D eigenvalue weighted by molar-refractivity contribution is 5.85. The Balaban J connectivity index is 2.08. The first-order chi connectivity index (χ1) is 9.72. The lowest BCUT2D eigenvalue weighted by molar-refractivity contribution is -0.384. The molecule has 2 aromatic carbocycles. The maximum Gasteiger partial charge on any atom is 0.269 e. The lowest BCUT2D eigenvalue weighted by atomic mass is 9.80. The van der Waals surface area contributed by atoms with E-state index in [0.29, 0.717) is 0 Å². The van der Waals surface area contributed by atoms with Crippen LogP contribution in [0.3, 0.4) is 0 Å². The van der Waals surface area contributed by atoms with E-state index in [-0.39, 0.29) is 16.0 Å². The Kier molecular flexibility index (Phi) is 2.05. The number of rotatable bonds is 1. The minimum atomic E-state index is -0.335. The van der Waals surface area contributed by atoms with Gasteiger partial charge in [0.15, 0.2) is 0 Å². The predicted octanol–water partition coefficient (Wildman–Crippen LogP) is 3.99. The topological polar surface area (TPSA) is 43.1 Å². The van der Waals surface area contributed by atoms with Crippen LogP contribution in [0.5, 0.6) is 0 Å². The van der Waals surface area contributed by atoms with Gasteiger partial charge >= 0.3 is 0 Å². The van der Waals surface area contributed by atoms with Crippen molar-refractivity contribution in [3.05, 3.63) is 88.0 Å². The number of nitrogens with zero attached hydrogens (tertiary/aromatic N) is 1. The van der Waals surface area contributed by atoms with Gasteiger partial charge in [-0.15, -0.1) is 0 Å². The zero-order valence-electron chi connectivity index (χ0n) is 10.6. The highest BCUT2D eigenvalue weighted by atomic mass is 16.6. The molecule has 0 bridgehead atoms. The Morgan fingerprint density at radius 3 is 2.35 bits per heavy atom. The summed E-state index contributed by atoms with van der Waals surface area (Å²) in [6.45, 7) is 0. The van der Waals surface area contributed by atoms with Gasteiger partial charge in [0.05, 0.1) is 10.3 Å². The number of benzene rings is 2. The summed E-state index contributed by atoms with van der Waals surface area (Å²) < 4.78 is 0. The Labute approximate surface area is 116 Å². The van der Waals surface area contributed by atoms with E-state index in [4.69, 9.17) is 0 Å². The van der Waals surface area contributed by atoms with Crippen molar-refractivity contribution in [2.24, 2.45) is 0 Å². The molecule has 0 aromatic heterocycles. The molecule has 0 fully saturated rings.